The third kappa shape index (κ3) is 17.1. The van der Waals surface area contributed by atoms with Crippen molar-refractivity contribution in [3.05, 3.63) is 89.9 Å². The molecule has 0 radical (unpaired) electrons. The SMILES string of the molecule is O=c1c(NCCCCCCS(=O)(=O)NC2CCCCCC2)c(Nc2ccncc2)c1=O.O=c1c(NCCCCCCS(=O)(=O)NCCCN2CCOCC2)c(Nc2ccncc2)c1=O. The van der Waals surface area contributed by atoms with Crippen LogP contribution < -0.4 is 52.4 Å². The van der Waals surface area contributed by atoms with Gasteiger partial charge in [-0.15, -0.1) is 0 Å². The summed E-state index contributed by atoms with van der Waals surface area (Å²) in [5, 5.41) is 12.0. The maximum absolute atomic E-state index is 12.3. The highest BCUT2D eigenvalue weighted by Gasteiger charge is 2.22. The molecule has 1 saturated carbocycles. The molecular formula is C44H65N9O9S2. The van der Waals surface area contributed by atoms with Gasteiger partial charge in [-0.05, 0) is 75.8 Å². The van der Waals surface area contributed by atoms with E-state index in [0.29, 0.717) is 55.2 Å². The second-order valence-corrected chi connectivity index (χ2v) is 20.2. The fourth-order valence-electron chi connectivity index (χ4n) is 7.62. The molecule has 20 heteroatoms. The summed E-state index contributed by atoms with van der Waals surface area (Å²) < 4.78 is 59.6. The Bertz CT molecular complexity index is 2360. The number of nitrogens with one attached hydrogen (secondary N) is 6. The number of morpholine rings is 1. The van der Waals surface area contributed by atoms with Crippen LogP contribution >= 0.6 is 0 Å². The van der Waals surface area contributed by atoms with Crippen molar-refractivity contribution in [2.45, 2.75) is 102 Å². The zero-order chi connectivity index (χ0) is 45.6. The van der Waals surface area contributed by atoms with Gasteiger partial charge in [0.05, 0.1) is 24.7 Å². The highest BCUT2D eigenvalue weighted by Crippen LogP contribution is 2.22. The molecule has 6 N–H and O–H groups in total. The van der Waals surface area contributed by atoms with E-state index in [-0.39, 0.29) is 28.9 Å². The van der Waals surface area contributed by atoms with E-state index in [9.17, 15) is 36.0 Å². The van der Waals surface area contributed by atoms with Gasteiger partial charge in [-0.2, -0.15) is 0 Å². The predicted molar refractivity (Wildman–Crippen MR) is 254 cm³/mol. The average Bonchev–Trinajstić information content (AvgIpc) is 3.57. The minimum Gasteiger partial charge on any atom is -0.380 e. The summed E-state index contributed by atoms with van der Waals surface area (Å²) in [4.78, 5) is 57.4. The van der Waals surface area contributed by atoms with E-state index in [2.05, 4.69) is 45.6 Å². The molecule has 4 aromatic rings. The van der Waals surface area contributed by atoms with Gasteiger partial charge in [0, 0.05) is 74.9 Å². The minimum absolute atomic E-state index is 0.0997. The van der Waals surface area contributed by atoms with Gasteiger partial charge in [-0.3, -0.25) is 34.0 Å². The lowest BCUT2D eigenvalue weighted by molar-refractivity contribution is 0.0376. The maximum Gasteiger partial charge on any atom is 0.253 e. The first-order valence-electron chi connectivity index (χ1n) is 22.7. The summed E-state index contributed by atoms with van der Waals surface area (Å²) in [6.07, 6.45) is 19.8. The molecule has 0 bridgehead atoms. The zero-order valence-corrected chi connectivity index (χ0v) is 38.3. The molecule has 0 spiro atoms. The lowest BCUT2D eigenvalue weighted by Crippen LogP contribution is -2.38. The number of ether oxygens (including phenoxy) is 1. The lowest BCUT2D eigenvalue weighted by Gasteiger charge is -2.26. The van der Waals surface area contributed by atoms with E-state index < -0.39 is 41.8 Å². The third-order valence-corrected chi connectivity index (χ3v) is 14.3. The maximum atomic E-state index is 12.3. The van der Waals surface area contributed by atoms with Crippen LogP contribution in [0.2, 0.25) is 0 Å². The molecule has 18 nitrogen and oxygen atoms in total. The van der Waals surface area contributed by atoms with Crippen molar-refractivity contribution < 1.29 is 21.6 Å². The summed E-state index contributed by atoms with van der Waals surface area (Å²) in [7, 11) is -6.46. The van der Waals surface area contributed by atoms with Crippen LogP contribution in [0.25, 0.3) is 0 Å². The Morgan fingerprint density at radius 3 is 1.50 bits per heavy atom. The largest absolute Gasteiger partial charge is 0.380 e. The molecule has 1 aliphatic carbocycles. The Labute approximate surface area is 376 Å². The van der Waals surface area contributed by atoms with Crippen LogP contribution in [0.15, 0.2) is 68.2 Å². The summed E-state index contributed by atoms with van der Waals surface area (Å²) in [5.74, 6) is 0.283. The monoisotopic (exact) mass is 927 g/mol. The number of pyridine rings is 2. The quantitative estimate of drug-likeness (QED) is 0.0280. The summed E-state index contributed by atoms with van der Waals surface area (Å²) in [5.41, 5.74) is 0.494. The van der Waals surface area contributed by atoms with Gasteiger partial charge in [0.25, 0.3) is 21.7 Å². The molecule has 0 unspecified atom stereocenters. The van der Waals surface area contributed by atoms with Crippen LogP contribution in [0.5, 0.6) is 0 Å². The molecule has 1 saturated heterocycles. The van der Waals surface area contributed by atoms with Gasteiger partial charge in [0.1, 0.15) is 22.7 Å². The first-order valence-corrected chi connectivity index (χ1v) is 26.0. The number of hydrogen-bond donors (Lipinski definition) is 6. The van der Waals surface area contributed by atoms with E-state index in [1.165, 1.54) is 12.8 Å². The molecule has 2 aromatic carbocycles. The first-order chi connectivity index (χ1) is 30.9. The van der Waals surface area contributed by atoms with E-state index in [1.807, 2.05) is 0 Å². The molecule has 2 aromatic heterocycles. The number of unbranched alkanes of at least 4 members (excludes halogenated alkanes) is 6. The highest BCUT2D eigenvalue weighted by atomic mass is 32.2. The summed E-state index contributed by atoms with van der Waals surface area (Å²) in [6.45, 7) is 5.75. The second-order valence-electron chi connectivity index (χ2n) is 16.4. The number of nitrogens with zero attached hydrogens (tertiary/aromatic N) is 3. The van der Waals surface area contributed by atoms with Gasteiger partial charge >= 0.3 is 0 Å². The van der Waals surface area contributed by atoms with Crippen molar-refractivity contribution in [2.75, 3.05) is 85.3 Å². The summed E-state index contributed by atoms with van der Waals surface area (Å²) in [6, 6.07) is 6.98. The van der Waals surface area contributed by atoms with Crippen LogP contribution in [-0.2, 0) is 24.8 Å². The van der Waals surface area contributed by atoms with Gasteiger partial charge in [-0.1, -0.05) is 51.4 Å². The van der Waals surface area contributed by atoms with Crippen LogP contribution in [-0.4, -0.2) is 102 Å². The van der Waals surface area contributed by atoms with E-state index in [0.717, 1.165) is 103 Å². The number of hydrogen-bond acceptors (Lipinski definition) is 16. The van der Waals surface area contributed by atoms with Gasteiger partial charge in [0.2, 0.25) is 20.0 Å². The molecule has 0 atom stereocenters. The molecular weight excluding hydrogens is 863 g/mol. The van der Waals surface area contributed by atoms with E-state index in [1.54, 1.807) is 49.1 Å². The molecule has 6 rings (SSSR count). The second kappa shape index (κ2) is 26.4. The van der Waals surface area contributed by atoms with Gasteiger partial charge in [-0.25, -0.2) is 26.3 Å². The predicted octanol–water partition coefficient (Wildman–Crippen LogP) is 4.07. The molecule has 3 heterocycles. The molecule has 0 amide bonds. The average molecular weight is 928 g/mol. The standard InChI is InChI=1S/C22H33N5O5S.C22H32N4O4S/c28-21-19(20(22(21)29)26-18-6-10-23-11-7-18)24-8-3-1-2-4-17-33(30,31)25-9-5-12-27-13-15-32-16-14-27;27-21-19(20(22(21)28)25-17-11-14-23-15-12-17)24-13-7-3-4-8-16-31(29,30)26-18-9-5-1-2-6-10-18/h6-7,10-11,24-25H,1-5,8-9,12-17H2,(H,23,26);11-12,14-15,18,24,26H,1-10,13,16H2,(H,23,25). The number of anilines is 6. The van der Waals surface area contributed by atoms with Crippen molar-refractivity contribution >= 4 is 54.2 Å². The normalized spacial score (nSPS) is 15.3. The molecule has 2 fully saturated rings. The minimum atomic E-state index is -3.25. The first kappa shape index (κ1) is 50.4. The van der Waals surface area contributed by atoms with Crippen molar-refractivity contribution in [3.63, 3.8) is 0 Å². The third-order valence-electron chi connectivity index (χ3n) is 11.3. The smallest absolute Gasteiger partial charge is 0.253 e. The Morgan fingerprint density at radius 1 is 0.547 bits per heavy atom. The highest BCUT2D eigenvalue weighted by molar-refractivity contribution is 7.89. The fourth-order valence-corrected chi connectivity index (χ4v) is 10.3. The molecule has 352 valence electrons. The van der Waals surface area contributed by atoms with Crippen molar-refractivity contribution in [1.82, 2.24) is 24.3 Å². The van der Waals surface area contributed by atoms with Crippen LogP contribution in [0.4, 0.5) is 34.1 Å². The fraction of sp³-hybridized carbons (Fsp3) is 0.591. The Hall–Kier alpha value is -4.60. The van der Waals surface area contributed by atoms with Crippen molar-refractivity contribution in [1.29, 1.82) is 0 Å². The van der Waals surface area contributed by atoms with Crippen molar-refractivity contribution in [2.24, 2.45) is 0 Å². The summed E-state index contributed by atoms with van der Waals surface area (Å²) >= 11 is 0. The number of sulfonamides is 2. The zero-order valence-electron chi connectivity index (χ0n) is 36.7. The van der Waals surface area contributed by atoms with Gasteiger partial charge < -0.3 is 26.0 Å². The van der Waals surface area contributed by atoms with Crippen LogP contribution in [0, 0.1) is 0 Å². The molecule has 64 heavy (non-hydrogen) atoms. The van der Waals surface area contributed by atoms with E-state index in [4.69, 9.17) is 4.74 Å². The number of rotatable bonds is 27. The van der Waals surface area contributed by atoms with E-state index >= 15 is 0 Å². The lowest BCUT2D eigenvalue weighted by atomic mass is 10.1. The Kier molecular flexibility index (Phi) is 20.8. The van der Waals surface area contributed by atoms with Gasteiger partial charge in [0.15, 0.2) is 0 Å². The molecule has 2 aliphatic rings. The number of aromatic nitrogens is 2. The van der Waals surface area contributed by atoms with Crippen LogP contribution in [0.1, 0.15) is 96.3 Å². The Balaban J connectivity index is 0.000000241. The van der Waals surface area contributed by atoms with Crippen LogP contribution in [0.3, 0.4) is 0 Å². The molecule has 1 aliphatic heterocycles. The topological polar surface area (TPSA) is 247 Å². The van der Waals surface area contributed by atoms with Crippen molar-refractivity contribution in [3.8, 4) is 0 Å². The Morgan fingerprint density at radius 2 is 1.00 bits per heavy atom.